The zero-order chi connectivity index (χ0) is 14.6. The van der Waals surface area contributed by atoms with Gasteiger partial charge in [-0.25, -0.2) is 0 Å². The van der Waals surface area contributed by atoms with Crippen molar-refractivity contribution in [2.75, 3.05) is 5.32 Å². The summed E-state index contributed by atoms with van der Waals surface area (Å²) >= 11 is 6.57. The maximum atomic E-state index is 12.8. The Morgan fingerprint density at radius 2 is 2.05 bits per heavy atom. The van der Waals surface area contributed by atoms with Gasteiger partial charge in [0.15, 0.2) is 5.11 Å². The van der Waals surface area contributed by atoms with Crippen LogP contribution in [-0.4, -0.2) is 11.0 Å². The number of hydrogen-bond donors (Lipinski definition) is 2. The largest absolute Gasteiger partial charge is 0.418 e. The number of amides is 1. The van der Waals surface area contributed by atoms with Crippen LogP contribution in [0.2, 0.25) is 0 Å². The van der Waals surface area contributed by atoms with Crippen molar-refractivity contribution in [3.8, 4) is 0 Å². The SMILES string of the molecule is CCC(=O)NC(=S)Nc1ccc(I)cc1C(F)(F)F. The van der Waals surface area contributed by atoms with Gasteiger partial charge >= 0.3 is 6.18 Å². The second-order valence-electron chi connectivity index (χ2n) is 3.54. The topological polar surface area (TPSA) is 41.1 Å². The van der Waals surface area contributed by atoms with Crippen LogP contribution in [0.1, 0.15) is 18.9 Å². The third-order valence-electron chi connectivity index (χ3n) is 2.11. The highest BCUT2D eigenvalue weighted by Crippen LogP contribution is 2.35. The second kappa shape index (κ2) is 6.51. The van der Waals surface area contributed by atoms with E-state index in [4.69, 9.17) is 12.2 Å². The molecule has 0 aliphatic carbocycles. The quantitative estimate of drug-likeness (QED) is 0.588. The number of halogens is 4. The van der Waals surface area contributed by atoms with Gasteiger partial charge in [-0.1, -0.05) is 6.92 Å². The van der Waals surface area contributed by atoms with Gasteiger partial charge in [-0.3, -0.25) is 4.79 Å². The van der Waals surface area contributed by atoms with Crippen LogP contribution in [0.4, 0.5) is 18.9 Å². The molecule has 0 saturated heterocycles. The van der Waals surface area contributed by atoms with Crippen LogP contribution in [0.3, 0.4) is 0 Å². The van der Waals surface area contributed by atoms with E-state index in [1.165, 1.54) is 12.1 Å². The van der Waals surface area contributed by atoms with Gasteiger partial charge in [0.05, 0.1) is 11.3 Å². The molecule has 0 aliphatic heterocycles. The molecule has 0 atom stereocenters. The van der Waals surface area contributed by atoms with Crippen molar-refractivity contribution >= 4 is 51.5 Å². The Morgan fingerprint density at radius 3 is 2.58 bits per heavy atom. The van der Waals surface area contributed by atoms with E-state index in [2.05, 4.69) is 10.6 Å². The van der Waals surface area contributed by atoms with Crippen molar-refractivity contribution in [2.45, 2.75) is 19.5 Å². The normalized spacial score (nSPS) is 11.0. The molecule has 0 bridgehead atoms. The minimum Gasteiger partial charge on any atom is -0.332 e. The van der Waals surface area contributed by atoms with Crippen LogP contribution < -0.4 is 10.6 Å². The fourth-order valence-corrected chi connectivity index (χ4v) is 1.94. The third-order valence-corrected chi connectivity index (χ3v) is 2.98. The standard InChI is InChI=1S/C11H10F3IN2OS/c1-2-9(18)17-10(19)16-8-4-3-6(15)5-7(8)11(12,13)14/h3-5H,2H2,1H3,(H2,16,17,18,19). The first kappa shape index (κ1) is 16.2. The molecule has 0 saturated carbocycles. The van der Waals surface area contributed by atoms with Crippen LogP contribution in [0.25, 0.3) is 0 Å². The van der Waals surface area contributed by atoms with Crippen molar-refractivity contribution in [1.82, 2.24) is 5.32 Å². The smallest absolute Gasteiger partial charge is 0.332 e. The Hall–Kier alpha value is -0.900. The highest BCUT2D eigenvalue weighted by Gasteiger charge is 2.33. The number of benzene rings is 1. The first-order valence-corrected chi connectivity index (χ1v) is 6.70. The highest BCUT2D eigenvalue weighted by atomic mass is 127. The summed E-state index contributed by atoms with van der Waals surface area (Å²) in [5.41, 5.74) is -1.01. The molecule has 0 spiro atoms. The Labute approximate surface area is 127 Å². The lowest BCUT2D eigenvalue weighted by atomic mass is 10.1. The molecule has 0 fully saturated rings. The van der Waals surface area contributed by atoms with Crippen molar-refractivity contribution in [1.29, 1.82) is 0 Å². The lowest BCUT2D eigenvalue weighted by Gasteiger charge is -2.15. The van der Waals surface area contributed by atoms with Crippen molar-refractivity contribution < 1.29 is 18.0 Å². The van der Waals surface area contributed by atoms with Gasteiger partial charge in [0.1, 0.15) is 0 Å². The van der Waals surface area contributed by atoms with Crippen LogP contribution in [0.15, 0.2) is 18.2 Å². The van der Waals surface area contributed by atoms with Crippen molar-refractivity contribution in [3.63, 3.8) is 0 Å². The lowest BCUT2D eigenvalue weighted by molar-refractivity contribution is -0.137. The molecule has 0 aliphatic rings. The van der Waals surface area contributed by atoms with E-state index < -0.39 is 11.7 Å². The fraction of sp³-hybridized carbons (Fsp3) is 0.273. The third kappa shape index (κ3) is 4.94. The minimum absolute atomic E-state index is 0.154. The van der Waals surface area contributed by atoms with Gasteiger partial charge in [0.25, 0.3) is 0 Å². The van der Waals surface area contributed by atoms with Crippen LogP contribution >= 0.6 is 34.8 Å². The Bertz CT molecular complexity index is 505. The van der Waals surface area contributed by atoms with Gasteiger partial charge in [-0.05, 0) is 53.0 Å². The summed E-state index contributed by atoms with van der Waals surface area (Å²) in [5, 5.41) is 4.52. The number of rotatable bonds is 2. The highest BCUT2D eigenvalue weighted by molar-refractivity contribution is 14.1. The maximum absolute atomic E-state index is 12.8. The number of thiocarbonyl (C=S) groups is 1. The number of carbonyl (C=O) groups is 1. The fourth-order valence-electron chi connectivity index (χ4n) is 1.23. The molecule has 1 amide bonds. The number of alkyl halides is 3. The molecule has 2 N–H and O–H groups in total. The number of nitrogens with one attached hydrogen (secondary N) is 2. The van der Waals surface area contributed by atoms with E-state index in [0.29, 0.717) is 3.57 Å². The lowest BCUT2D eigenvalue weighted by Crippen LogP contribution is -2.34. The summed E-state index contributed by atoms with van der Waals surface area (Å²) in [6.07, 6.45) is -4.30. The summed E-state index contributed by atoms with van der Waals surface area (Å²) in [5.74, 6) is -0.364. The zero-order valence-corrected chi connectivity index (χ0v) is 12.7. The van der Waals surface area contributed by atoms with Gasteiger partial charge < -0.3 is 10.6 Å². The summed E-state index contributed by atoms with van der Waals surface area (Å²) in [6.45, 7) is 1.62. The summed E-state index contributed by atoms with van der Waals surface area (Å²) < 4.78 is 39.0. The van der Waals surface area contributed by atoms with Gasteiger partial charge in [0.2, 0.25) is 5.91 Å². The first-order chi connectivity index (χ1) is 8.74. The molecular formula is C11H10F3IN2OS. The van der Waals surface area contributed by atoms with Crippen LogP contribution in [-0.2, 0) is 11.0 Å². The summed E-state index contributed by atoms with van der Waals surface area (Å²) in [6, 6.07) is 3.80. The molecule has 19 heavy (non-hydrogen) atoms. The average Bonchev–Trinajstić information content (AvgIpc) is 2.29. The molecule has 0 heterocycles. The first-order valence-electron chi connectivity index (χ1n) is 5.21. The van der Waals surface area contributed by atoms with Crippen LogP contribution in [0.5, 0.6) is 0 Å². The van der Waals surface area contributed by atoms with Gasteiger partial charge in [-0.15, -0.1) is 0 Å². The van der Waals surface area contributed by atoms with E-state index in [9.17, 15) is 18.0 Å². The molecule has 8 heteroatoms. The summed E-state index contributed by atoms with van der Waals surface area (Å²) in [7, 11) is 0. The maximum Gasteiger partial charge on any atom is 0.418 e. The summed E-state index contributed by atoms with van der Waals surface area (Å²) in [4.78, 5) is 11.1. The number of hydrogen-bond acceptors (Lipinski definition) is 2. The number of anilines is 1. The predicted octanol–water partition coefficient (Wildman–Crippen LogP) is 3.53. The molecule has 1 aromatic rings. The van der Waals surface area contributed by atoms with E-state index in [1.54, 1.807) is 29.5 Å². The van der Waals surface area contributed by atoms with E-state index in [-0.39, 0.29) is 23.1 Å². The molecule has 0 radical (unpaired) electrons. The second-order valence-corrected chi connectivity index (χ2v) is 5.20. The number of carbonyl (C=O) groups excluding carboxylic acids is 1. The molecular weight excluding hydrogens is 392 g/mol. The minimum atomic E-state index is -4.49. The van der Waals surface area contributed by atoms with E-state index in [1.807, 2.05) is 0 Å². The Balaban J connectivity index is 2.95. The molecule has 0 unspecified atom stereocenters. The Morgan fingerprint density at radius 1 is 1.42 bits per heavy atom. The van der Waals surface area contributed by atoms with Crippen molar-refractivity contribution in [2.24, 2.45) is 0 Å². The molecule has 1 rings (SSSR count). The Kier molecular flexibility index (Phi) is 5.53. The zero-order valence-electron chi connectivity index (χ0n) is 9.77. The average molecular weight is 402 g/mol. The molecule has 3 nitrogen and oxygen atoms in total. The molecule has 1 aromatic carbocycles. The van der Waals surface area contributed by atoms with E-state index in [0.717, 1.165) is 6.07 Å². The molecule has 0 aromatic heterocycles. The van der Waals surface area contributed by atoms with Gasteiger partial charge in [0, 0.05) is 9.99 Å². The van der Waals surface area contributed by atoms with Crippen LogP contribution in [0, 0.1) is 3.57 Å². The van der Waals surface area contributed by atoms with Gasteiger partial charge in [-0.2, -0.15) is 13.2 Å². The van der Waals surface area contributed by atoms with Crippen molar-refractivity contribution in [3.05, 3.63) is 27.3 Å². The monoisotopic (exact) mass is 402 g/mol. The molecule has 104 valence electrons. The predicted molar refractivity (Wildman–Crippen MR) is 78.8 cm³/mol. The van der Waals surface area contributed by atoms with E-state index >= 15 is 0 Å².